The fraction of sp³-hybridized carbons (Fsp3) is 0.889. The maximum absolute atomic E-state index is 10.6. The fourth-order valence-corrected chi connectivity index (χ4v) is 1.22. The molecule has 0 aromatic heterocycles. The summed E-state index contributed by atoms with van der Waals surface area (Å²) in [5, 5.41) is 19.1. The molecule has 0 spiro atoms. The van der Waals surface area contributed by atoms with E-state index < -0.39 is 24.4 Å². The van der Waals surface area contributed by atoms with Gasteiger partial charge in [-0.1, -0.05) is 0 Å². The number of rotatable bonds is 8. The Kier molecular flexibility index (Phi) is 7.45. The number of aliphatic hydroxyl groups is 2. The van der Waals surface area contributed by atoms with Crippen molar-refractivity contribution in [3.05, 3.63) is 0 Å². The van der Waals surface area contributed by atoms with Gasteiger partial charge in [0, 0.05) is 21.3 Å². The Morgan fingerprint density at radius 1 is 1.20 bits per heavy atom. The van der Waals surface area contributed by atoms with Crippen LogP contribution in [0.25, 0.3) is 0 Å². The highest BCUT2D eigenvalue weighted by molar-refractivity contribution is 5.57. The van der Waals surface area contributed by atoms with E-state index in [0.717, 1.165) is 0 Å². The van der Waals surface area contributed by atoms with Crippen LogP contribution in [0.15, 0.2) is 0 Å². The van der Waals surface area contributed by atoms with Crippen LogP contribution in [-0.2, 0) is 19.0 Å². The zero-order chi connectivity index (χ0) is 11.8. The number of methoxy groups -OCH3 is 3. The van der Waals surface area contributed by atoms with Gasteiger partial charge in [-0.3, -0.25) is 0 Å². The van der Waals surface area contributed by atoms with Crippen LogP contribution in [0.4, 0.5) is 0 Å². The Morgan fingerprint density at radius 2 is 1.80 bits per heavy atom. The monoisotopic (exact) mass is 222 g/mol. The molecule has 0 aromatic carbocycles. The predicted molar refractivity (Wildman–Crippen MR) is 51.5 cm³/mol. The number of carbonyl (C=O) groups is 1. The minimum absolute atomic E-state index is 0.0453. The minimum Gasteiger partial charge on any atom is -0.388 e. The summed E-state index contributed by atoms with van der Waals surface area (Å²) in [6, 6.07) is 0. The number of hydrogen-bond donors (Lipinski definition) is 2. The maximum Gasteiger partial charge on any atom is 0.151 e. The first-order valence-corrected chi connectivity index (χ1v) is 4.48. The van der Waals surface area contributed by atoms with Crippen molar-refractivity contribution in [3.8, 4) is 0 Å². The van der Waals surface area contributed by atoms with E-state index in [1.54, 1.807) is 0 Å². The van der Waals surface area contributed by atoms with Crippen LogP contribution in [-0.4, -0.2) is 68.9 Å². The first kappa shape index (κ1) is 14.5. The Morgan fingerprint density at radius 3 is 2.13 bits per heavy atom. The molecular weight excluding hydrogens is 204 g/mol. The summed E-state index contributed by atoms with van der Waals surface area (Å²) in [6.45, 7) is -0.0453. The first-order valence-electron chi connectivity index (χ1n) is 4.48. The van der Waals surface area contributed by atoms with E-state index in [1.165, 1.54) is 21.3 Å². The van der Waals surface area contributed by atoms with Crippen molar-refractivity contribution in [2.45, 2.75) is 24.4 Å². The molecule has 0 aliphatic carbocycles. The molecule has 0 fully saturated rings. The van der Waals surface area contributed by atoms with E-state index in [4.69, 9.17) is 9.47 Å². The molecule has 0 bridgehead atoms. The van der Waals surface area contributed by atoms with Gasteiger partial charge in [0.1, 0.15) is 24.4 Å². The summed E-state index contributed by atoms with van der Waals surface area (Å²) in [7, 11) is 4.04. The molecule has 0 amide bonds. The number of aliphatic hydroxyl groups excluding tert-OH is 2. The fourth-order valence-electron chi connectivity index (χ4n) is 1.22. The molecule has 0 rings (SSSR count). The lowest BCUT2D eigenvalue weighted by Crippen LogP contribution is -2.48. The van der Waals surface area contributed by atoms with E-state index in [2.05, 4.69) is 4.74 Å². The molecule has 0 aromatic rings. The number of aldehydes is 1. The van der Waals surface area contributed by atoms with Crippen LogP contribution >= 0.6 is 0 Å². The summed E-state index contributed by atoms with van der Waals surface area (Å²) >= 11 is 0. The predicted octanol–water partition coefficient (Wildman–Crippen LogP) is -1.42. The van der Waals surface area contributed by atoms with E-state index in [-0.39, 0.29) is 6.61 Å². The highest BCUT2D eigenvalue weighted by atomic mass is 16.5. The van der Waals surface area contributed by atoms with Gasteiger partial charge in [0.15, 0.2) is 6.29 Å². The minimum atomic E-state index is -1.25. The standard InChI is InChI=1S/C9H18O6/c1-13-5-6(11)8(12)9(15-3)7(4-10)14-2/h4,6-9,11-12H,5H2,1-3H3. The van der Waals surface area contributed by atoms with E-state index >= 15 is 0 Å². The summed E-state index contributed by atoms with van der Waals surface area (Å²) in [4.78, 5) is 10.6. The van der Waals surface area contributed by atoms with Crippen molar-refractivity contribution in [1.82, 2.24) is 0 Å². The molecule has 0 saturated heterocycles. The van der Waals surface area contributed by atoms with E-state index in [0.29, 0.717) is 6.29 Å². The Labute approximate surface area is 88.7 Å². The van der Waals surface area contributed by atoms with Crippen molar-refractivity contribution in [2.24, 2.45) is 0 Å². The molecule has 15 heavy (non-hydrogen) atoms. The van der Waals surface area contributed by atoms with Crippen molar-refractivity contribution in [3.63, 3.8) is 0 Å². The van der Waals surface area contributed by atoms with Gasteiger partial charge in [0.2, 0.25) is 0 Å². The van der Waals surface area contributed by atoms with Crippen LogP contribution in [0, 0.1) is 0 Å². The second kappa shape index (κ2) is 7.72. The molecule has 0 heterocycles. The lowest BCUT2D eigenvalue weighted by atomic mass is 10.0. The molecule has 6 heteroatoms. The van der Waals surface area contributed by atoms with Gasteiger partial charge in [-0.05, 0) is 0 Å². The average molecular weight is 222 g/mol. The van der Waals surface area contributed by atoms with Gasteiger partial charge in [-0.2, -0.15) is 0 Å². The normalized spacial score (nSPS) is 19.3. The zero-order valence-corrected chi connectivity index (χ0v) is 9.12. The van der Waals surface area contributed by atoms with Gasteiger partial charge >= 0.3 is 0 Å². The third-order valence-corrected chi connectivity index (χ3v) is 2.07. The van der Waals surface area contributed by atoms with Crippen molar-refractivity contribution in [1.29, 1.82) is 0 Å². The second-order valence-corrected chi connectivity index (χ2v) is 3.05. The summed E-state index contributed by atoms with van der Waals surface area (Å²) in [5.74, 6) is 0. The third-order valence-electron chi connectivity index (χ3n) is 2.07. The quantitative estimate of drug-likeness (QED) is 0.490. The lowest BCUT2D eigenvalue weighted by Gasteiger charge is -2.28. The maximum atomic E-state index is 10.6. The highest BCUT2D eigenvalue weighted by Gasteiger charge is 2.33. The summed E-state index contributed by atoms with van der Waals surface area (Å²) in [6.07, 6.45) is -3.70. The molecule has 0 radical (unpaired) electrons. The zero-order valence-electron chi connectivity index (χ0n) is 9.12. The lowest BCUT2D eigenvalue weighted by molar-refractivity contribution is -0.149. The van der Waals surface area contributed by atoms with Crippen molar-refractivity contribution in [2.75, 3.05) is 27.9 Å². The first-order chi connectivity index (χ1) is 7.12. The number of ether oxygens (including phenoxy) is 3. The van der Waals surface area contributed by atoms with Crippen LogP contribution < -0.4 is 0 Å². The van der Waals surface area contributed by atoms with E-state index in [1.807, 2.05) is 0 Å². The van der Waals surface area contributed by atoms with Crippen molar-refractivity contribution >= 4 is 6.29 Å². The summed E-state index contributed by atoms with van der Waals surface area (Å²) < 4.78 is 14.4. The second-order valence-electron chi connectivity index (χ2n) is 3.05. The smallest absolute Gasteiger partial charge is 0.151 e. The molecular formula is C9H18O6. The third kappa shape index (κ3) is 4.23. The van der Waals surface area contributed by atoms with Crippen molar-refractivity contribution < 1.29 is 29.2 Å². The topological polar surface area (TPSA) is 85.2 Å². The largest absolute Gasteiger partial charge is 0.388 e. The summed E-state index contributed by atoms with van der Waals surface area (Å²) in [5.41, 5.74) is 0. The Bertz CT molecular complexity index is 174. The number of carbonyl (C=O) groups excluding carboxylic acids is 1. The molecule has 0 aliphatic rings. The van der Waals surface area contributed by atoms with Gasteiger partial charge < -0.3 is 29.2 Å². The van der Waals surface area contributed by atoms with Crippen LogP contribution in [0.3, 0.4) is 0 Å². The van der Waals surface area contributed by atoms with E-state index in [9.17, 15) is 15.0 Å². The Balaban J connectivity index is 4.43. The van der Waals surface area contributed by atoms with Gasteiger partial charge in [-0.15, -0.1) is 0 Å². The molecule has 2 N–H and O–H groups in total. The van der Waals surface area contributed by atoms with Gasteiger partial charge in [0.25, 0.3) is 0 Å². The number of hydrogen-bond acceptors (Lipinski definition) is 6. The van der Waals surface area contributed by atoms with Crippen LogP contribution in [0.1, 0.15) is 0 Å². The molecule has 4 unspecified atom stereocenters. The van der Waals surface area contributed by atoms with Gasteiger partial charge in [-0.25, -0.2) is 0 Å². The molecule has 6 nitrogen and oxygen atoms in total. The molecule has 4 atom stereocenters. The molecule has 90 valence electrons. The SMILES string of the molecule is COCC(O)C(O)C(OC)C(C=O)OC. The molecule has 0 saturated carbocycles. The Hall–Kier alpha value is -0.530. The average Bonchev–Trinajstić information content (AvgIpc) is 2.25. The van der Waals surface area contributed by atoms with Crippen LogP contribution in [0.5, 0.6) is 0 Å². The highest BCUT2D eigenvalue weighted by Crippen LogP contribution is 2.10. The van der Waals surface area contributed by atoms with Crippen LogP contribution in [0.2, 0.25) is 0 Å². The molecule has 0 aliphatic heterocycles. The van der Waals surface area contributed by atoms with Gasteiger partial charge in [0.05, 0.1) is 6.61 Å².